The number of hydrogen-bond acceptors (Lipinski definition) is 8. The third kappa shape index (κ3) is 3.67. The van der Waals surface area contributed by atoms with Crippen LogP contribution in [0.25, 0.3) is 11.7 Å². The van der Waals surface area contributed by atoms with Crippen LogP contribution >= 0.6 is 0 Å². The highest BCUT2D eigenvalue weighted by Gasteiger charge is 2.27. The Kier molecular flexibility index (Phi) is 4.42. The highest BCUT2D eigenvalue weighted by molar-refractivity contribution is 6.15. The molecule has 29 heavy (non-hydrogen) atoms. The van der Waals surface area contributed by atoms with Crippen LogP contribution in [0.3, 0.4) is 0 Å². The van der Waals surface area contributed by atoms with Crippen molar-refractivity contribution in [1.29, 1.82) is 0 Å². The molecule has 2 aromatic heterocycles. The minimum Gasteiger partial charge on any atom is -0.351 e. The summed E-state index contributed by atoms with van der Waals surface area (Å²) in [6.07, 6.45) is 9.83. The topological polar surface area (TPSA) is 139 Å². The van der Waals surface area contributed by atoms with Crippen LogP contribution < -0.4 is 21.7 Å². The second kappa shape index (κ2) is 7.11. The molecule has 0 spiro atoms. The van der Waals surface area contributed by atoms with Crippen LogP contribution in [0.2, 0.25) is 0 Å². The van der Waals surface area contributed by atoms with Crippen molar-refractivity contribution in [3.63, 3.8) is 0 Å². The molecule has 0 unspecified atom stereocenters. The number of fused-ring (bicyclic) bond motifs is 1. The Labute approximate surface area is 167 Å². The molecule has 2 aliphatic carbocycles. The second-order valence-electron chi connectivity index (χ2n) is 8.05. The summed E-state index contributed by atoms with van der Waals surface area (Å²) in [5.74, 6) is 0.444. The fourth-order valence-corrected chi connectivity index (χ4v) is 3.88. The first-order valence-electron chi connectivity index (χ1n) is 10.2. The van der Waals surface area contributed by atoms with Crippen LogP contribution in [0, 0.1) is 0 Å². The van der Waals surface area contributed by atoms with Gasteiger partial charge in [-0.3, -0.25) is 14.9 Å². The van der Waals surface area contributed by atoms with E-state index in [1.165, 1.54) is 0 Å². The molecule has 1 saturated heterocycles. The Balaban J connectivity index is 1.52. The minimum absolute atomic E-state index is 0.0659. The zero-order valence-corrected chi connectivity index (χ0v) is 16.0. The molecule has 5 rings (SSSR count). The average Bonchev–Trinajstić information content (AvgIpc) is 3.33. The molecule has 3 aliphatic rings. The van der Waals surface area contributed by atoms with E-state index in [0.717, 1.165) is 38.5 Å². The molecular weight excluding hydrogens is 372 g/mol. The zero-order valence-electron chi connectivity index (χ0n) is 16.0. The normalized spacial score (nSPS) is 26.2. The van der Waals surface area contributed by atoms with Crippen molar-refractivity contribution in [2.75, 3.05) is 10.6 Å². The van der Waals surface area contributed by atoms with Crippen molar-refractivity contribution < 1.29 is 9.59 Å². The van der Waals surface area contributed by atoms with Crippen LogP contribution in [0.4, 0.5) is 11.9 Å². The van der Waals surface area contributed by atoms with E-state index in [4.69, 9.17) is 5.73 Å². The molecule has 0 aromatic carbocycles. The standard InChI is InChI=1S/C19H24N8O2/c20-13-3-1-2-4-14(13)23-18-25-16-11(7-10-8-15(28)24-17(10)29)9-21-27(16)19(26-18)22-12-5-6-12/h7,9,12-14H,1-6,8,20H2,(H,24,28,29)(H2,22,23,25,26)/b10-7+/t13-,14-/m1/s1. The van der Waals surface area contributed by atoms with Gasteiger partial charge in [0.1, 0.15) is 0 Å². The van der Waals surface area contributed by atoms with Gasteiger partial charge in [-0.2, -0.15) is 19.6 Å². The highest BCUT2D eigenvalue weighted by atomic mass is 16.2. The molecular formula is C19H24N8O2. The summed E-state index contributed by atoms with van der Waals surface area (Å²) in [6.45, 7) is 0. The van der Waals surface area contributed by atoms with Gasteiger partial charge in [-0.25, -0.2) is 0 Å². The third-order valence-corrected chi connectivity index (χ3v) is 5.67. The summed E-state index contributed by atoms with van der Waals surface area (Å²) in [4.78, 5) is 32.7. The summed E-state index contributed by atoms with van der Waals surface area (Å²) in [6, 6.07) is 0.591. The van der Waals surface area contributed by atoms with Gasteiger partial charge in [-0.15, -0.1) is 0 Å². The van der Waals surface area contributed by atoms with Crippen LogP contribution in [-0.4, -0.2) is 49.5 Å². The number of anilines is 2. The molecule has 10 nitrogen and oxygen atoms in total. The first-order chi connectivity index (χ1) is 14.1. The Hall–Kier alpha value is -3.01. The van der Waals surface area contributed by atoms with Crippen LogP contribution in [0.5, 0.6) is 0 Å². The lowest BCUT2D eigenvalue weighted by Crippen LogP contribution is -2.43. The highest BCUT2D eigenvalue weighted by Crippen LogP contribution is 2.27. The van der Waals surface area contributed by atoms with Crippen molar-refractivity contribution in [2.45, 2.75) is 63.1 Å². The summed E-state index contributed by atoms with van der Waals surface area (Å²) in [7, 11) is 0. The van der Waals surface area contributed by atoms with Crippen LogP contribution in [-0.2, 0) is 9.59 Å². The first-order valence-corrected chi connectivity index (χ1v) is 10.2. The monoisotopic (exact) mass is 396 g/mol. The fourth-order valence-electron chi connectivity index (χ4n) is 3.88. The van der Waals surface area contributed by atoms with E-state index in [-0.39, 0.29) is 30.3 Å². The van der Waals surface area contributed by atoms with E-state index >= 15 is 0 Å². The molecule has 152 valence electrons. The van der Waals surface area contributed by atoms with Crippen molar-refractivity contribution in [1.82, 2.24) is 24.9 Å². The zero-order chi connectivity index (χ0) is 20.0. The van der Waals surface area contributed by atoms with Gasteiger partial charge in [0, 0.05) is 29.3 Å². The van der Waals surface area contributed by atoms with Crippen molar-refractivity contribution >= 4 is 35.4 Å². The maximum Gasteiger partial charge on any atom is 0.254 e. The Bertz CT molecular complexity index is 1010. The Morgan fingerprint density at radius 1 is 1.14 bits per heavy atom. The molecule has 5 N–H and O–H groups in total. The SMILES string of the molecule is N[C@@H]1CCCC[C@H]1Nc1nc(NC2CC2)n2ncc(/C=C3\CC(=O)NC3=O)c2n1. The predicted octanol–water partition coefficient (Wildman–Crippen LogP) is 0.810. The second-order valence-corrected chi connectivity index (χ2v) is 8.05. The maximum absolute atomic E-state index is 11.9. The minimum atomic E-state index is -0.369. The van der Waals surface area contributed by atoms with Gasteiger partial charge in [0.15, 0.2) is 5.65 Å². The summed E-state index contributed by atoms with van der Waals surface area (Å²) >= 11 is 0. The Morgan fingerprint density at radius 2 is 1.97 bits per heavy atom. The van der Waals surface area contributed by atoms with E-state index in [0.29, 0.717) is 34.7 Å². The number of nitrogens with one attached hydrogen (secondary N) is 3. The van der Waals surface area contributed by atoms with Crippen molar-refractivity contribution in [2.24, 2.45) is 5.73 Å². The number of carbonyl (C=O) groups is 2. The predicted molar refractivity (Wildman–Crippen MR) is 107 cm³/mol. The molecule has 0 bridgehead atoms. The molecule has 1 aliphatic heterocycles. The Morgan fingerprint density at radius 3 is 2.69 bits per heavy atom. The third-order valence-electron chi connectivity index (χ3n) is 5.67. The van der Waals surface area contributed by atoms with Crippen LogP contribution in [0.1, 0.15) is 50.5 Å². The van der Waals surface area contributed by atoms with Gasteiger partial charge >= 0.3 is 0 Å². The lowest BCUT2D eigenvalue weighted by molar-refractivity contribution is -0.124. The number of rotatable bonds is 5. The fraction of sp³-hybridized carbons (Fsp3) is 0.526. The average molecular weight is 396 g/mol. The van der Waals surface area contributed by atoms with Gasteiger partial charge in [-0.1, -0.05) is 12.8 Å². The molecule has 0 radical (unpaired) electrons. The van der Waals surface area contributed by atoms with E-state index < -0.39 is 0 Å². The smallest absolute Gasteiger partial charge is 0.254 e. The lowest BCUT2D eigenvalue weighted by Gasteiger charge is -2.29. The maximum atomic E-state index is 11.9. The van der Waals surface area contributed by atoms with E-state index in [2.05, 4.69) is 31.0 Å². The molecule has 3 heterocycles. The summed E-state index contributed by atoms with van der Waals surface area (Å²) < 4.78 is 1.64. The lowest BCUT2D eigenvalue weighted by atomic mass is 9.91. The molecule has 3 fully saturated rings. The van der Waals surface area contributed by atoms with Gasteiger partial charge in [0.2, 0.25) is 17.8 Å². The van der Waals surface area contributed by atoms with E-state index in [9.17, 15) is 9.59 Å². The van der Waals surface area contributed by atoms with E-state index in [1.807, 2.05) is 0 Å². The number of carbonyl (C=O) groups excluding carboxylic acids is 2. The number of amides is 2. The van der Waals surface area contributed by atoms with Gasteiger partial charge in [-0.05, 0) is 31.8 Å². The van der Waals surface area contributed by atoms with Crippen molar-refractivity contribution in [3.05, 3.63) is 17.3 Å². The number of nitrogens with two attached hydrogens (primary N) is 1. The van der Waals surface area contributed by atoms with Gasteiger partial charge < -0.3 is 16.4 Å². The summed E-state index contributed by atoms with van der Waals surface area (Å²) in [5.41, 5.74) is 7.93. The molecule has 2 saturated carbocycles. The first kappa shape index (κ1) is 18.0. The van der Waals surface area contributed by atoms with Crippen molar-refractivity contribution in [3.8, 4) is 0 Å². The molecule has 2 amide bonds. The van der Waals surface area contributed by atoms with Gasteiger partial charge in [0.05, 0.1) is 12.6 Å². The molecule has 10 heteroatoms. The summed E-state index contributed by atoms with van der Waals surface area (Å²) in [5, 5.41) is 13.5. The largest absolute Gasteiger partial charge is 0.351 e. The molecule has 2 aromatic rings. The number of imide groups is 1. The molecule has 2 atom stereocenters. The quantitative estimate of drug-likeness (QED) is 0.430. The number of nitrogens with zero attached hydrogens (tertiary/aromatic N) is 4. The number of hydrogen-bond donors (Lipinski definition) is 4. The van der Waals surface area contributed by atoms with Crippen LogP contribution in [0.15, 0.2) is 11.8 Å². The van der Waals surface area contributed by atoms with E-state index in [1.54, 1.807) is 16.8 Å². The number of aromatic nitrogens is 4. The van der Waals surface area contributed by atoms with Gasteiger partial charge in [0.25, 0.3) is 5.91 Å².